The number of unbranched alkanes of at least 4 members (excludes halogenated alkanes) is 1. The molecule has 2 aromatic carbocycles. The fourth-order valence-electron chi connectivity index (χ4n) is 4.28. The molecule has 2 N–H and O–H groups in total. The molecule has 0 aliphatic carbocycles. The van der Waals surface area contributed by atoms with Crippen molar-refractivity contribution in [1.29, 1.82) is 0 Å². The Morgan fingerprint density at radius 2 is 2.00 bits per heavy atom. The van der Waals surface area contributed by atoms with Gasteiger partial charge in [-0.25, -0.2) is 9.78 Å². The molecule has 222 valence electrons. The average Bonchev–Trinajstić information content (AvgIpc) is 3.26. The number of rotatable bonds is 11. The number of aromatic nitrogens is 2. The molecule has 2 heterocycles. The summed E-state index contributed by atoms with van der Waals surface area (Å²) >= 11 is 6.31. The number of amides is 2. The lowest BCUT2D eigenvalue weighted by atomic mass is 10.2. The molecule has 0 unspecified atom stereocenters. The Hall–Kier alpha value is -4.51. The van der Waals surface area contributed by atoms with Crippen LogP contribution in [-0.2, 0) is 9.53 Å². The first-order chi connectivity index (χ1) is 20.4. The fraction of sp³-hybridized carbons (Fsp3) is 0.333. The predicted molar refractivity (Wildman–Crippen MR) is 163 cm³/mol. The van der Waals surface area contributed by atoms with Gasteiger partial charge < -0.3 is 34.6 Å². The molecule has 0 bridgehead atoms. The molecule has 1 saturated heterocycles. The molecular formula is C30H35ClN6O5. The molecule has 0 spiro atoms. The Morgan fingerprint density at radius 1 is 1.14 bits per heavy atom. The quantitative estimate of drug-likeness (QED) is 0.196. The number of hydrogen-bond donors (Lipinski definition) is 2. The highest BCUT2D eigenvalue weighted by Crippen LogP contribution is 2.34. The molecule has 1 aliphatic rings. The molecule has 0 radical (unpaired) electrons. The summed E-state index contributed by atoms with van der Waals surface area (Å²) in [4.78, 5) is 36.7. The first kappa shape index (κ1) is 30.4. The number of anilines is 4. The number of hydrogen-bond acceptors (Lipinski definition) is 9. The number of methoxy groups -OCH3 is 1. The zero-order chi connectivity index (χ0) is 29.9. The van der Waals surface area contributed by atoms with Crippen LogP contribution in [0.4, 0.5) is 27.8 Å². The van der Waals surface area contributed by atoms with Crippen molar-refractivity contribution in [3.05, 3.63) is 66.3 Å². The van der Waals surface area contributed by atoms with Gasteiger partial charge in [-0.1, -0.05) is 37.6 Å². The maximum Gasteiger partial charge on any atom is 0.409 e. The van der Waals surface area contributed by atoms with E-state index < -0.39 is 0 Å². The Bertz CT molecular complexity index is 1400. The lowest BCUT2D eigenvalue weighted by molar-refractivity contribution is -0.111. The van der Waals surface area contributed by atoms with Gasteiger partial charge >= 0.3 is 6.09 Å². The van der Waals surface area contributed by atoms with E-state index in [1.54, 1.807) is 36.3 Å². The van der Waals surface area contributed by atoms with Gasteiger partial charge in [0.1, 0.15) is 16.5 Å². The van der Waals surface area contributed by atoms with E-state index in [2.05, 4.69) is 39.0 Å². The highest BCUT2D eigenvalue weighted by atomic mass is 35.5. The fourth-order valence-corrected chi connectivity index (χ4v) is 4.41. The van der Waals surface area contributed by atoms with Gasteiger partial charge in [0.05, 0.1) is 25.6 Å². The van der Waals surface area contributed by atoms with Crippen molar-refractivity contribution in [2.24, 2.45) is 0 Å². The summed E-state index contributed by atoms with van der Waals surface area (Å²) in [6.07, 6.45) is 5.05. The van der Waals surface area contributed by atoms with Crippen molar-refractivity contribution in [3.8, 4) is 17.4 Å². The van der Waals surface area contributed by atoms with Gasteiger partial charge in [-0.05, 0) is 43.2 Å². The summed E-state index contributed by atoms with van der Waals surface area (Å²) in [5.74, 6) is 1.08. The molecule has 0 atom stereocenters. The maximum absolute atomic E-state index is 12.4. The number of halogens is 1. The van der Waals surface area contributed by atoms with E-state index in [0.717, 1.165) is 31.5 Å². The maximum atomic E-state index is 12.4. The highest BCUT2D eigenvalue weighted by Gasteiger charge is 2.21. The number of carbonyl (C=O) groups excluding carboxylic acids is 2. The molecule has 1 aliphatic heterocycles. The third-order valence-corrected chi connectivity index (χ3v) is 6.75. The van der Waals surface area contributed by atoms with E-state index in [-0.39, 0.29) is 28.9 Å². The second-order valence-electron chi connectivity index (χ2n) is 9.48. The van der Waals surface area contributed by atoms with E-state index in [0.29, 0.717) is 49.1 Å². The monoisotopic (exact) mass is 594 g/mol. The predicted octanol–water partition coefficient (Wildman–Crippen LogP) is 6.25. The third-order valence-electron chi connectivity index (χ3n) is 6.49. The zero-order valence-corrected chi connectivity index (χ0v) is 24.5. The molecule has 0 saturated carbocycles. The van der Waals surface area contributed by atoms with Gasteiger partial charge in [0.2, 0.25) is 17.7 Å². The van der Waals surface area contributed by atoms with Crippen molar-refractivity contribution in [2.75, 3.05) is 55.4 Å². The van der Waals surface area contributed by atoms with Crippen LogP contribution in [0.15, 0.2) is 61.3 Å². The molecule has 2 amide bonds. The Kier molecular flexibility index (Phi) is 10.8. The first-order valence-corrected chi connectivity index (χ1v) is 14.1. The van der Waals surface area contributed by atoms with Crippen LogP contribution in [-0.4, -0.2) is 66.8 Å². The Labute approximate surface area is 250 Å². The summed E-state index contributed by atoms with van der Waals surface area (Å²) in [5, 5.41) is 6.07. The van der Waals surface area contributed by atoms with E-state index in [1.165, 1.54) is 12.3 Å². The second-order valence-corrected chi connectivity index (χ2v) is 9.88. The van der Waals surface area contributed by atoms with Crippen molar-refractivity contribution >= 4 is 46.6 Å². The second kappa shape index (κ2) is 14.9. The normalized spacial score (nSPS) is 13.1. The van der Waals surface area contributed by atoms with Crippen molar-refractivity contribution < 1.29 is 23.8 Å². The zero-order valence-electron chi connectivity index (χ0n) is 23.8. The lowest BCUT2D eigenvalue weighted by Gasteiger charge is -2.24. The summed E-state index contributed by atoms with van der Waals surface area (Å²) in [6.45, 7) is 8.69. The molecule has 1 aromatic heterocycles. The topological polar surface area (TPSA) is 118 Å². The van der Waals surface area contributed by atoms with E-state index in [1.807, 2.05) is 18.2 Å². The van der Waals surface area contributed by atoms with Gasteiger partial charge in [0, 0.05) is 49.7 Å². The number of nitrogens with one attached hydrogen (secondary N) is 2. The van der Waals surface area contributed by atoms with Gasteiger partial charge in [-0.15, -0.1) is 0 Å². The van der Waals surface area contributed by atoms with Crippen molar-refractivity contribution in [1.82, 2.24) is 14.9 Å². The minimum atomic E-state index is -0.334. The molecular weight excluding hydrogens is 560 g/mol. The molecule has 1 fully saturated rings. The van der Waals surface area contributed by atoms with E-state index in [9.17, 15) is 9.59 Å². The molecule has 11 nitrogen and oxygen atoms in total. The van der Waals surface area contributed by atoms with Crippen LogP contribution in [0.25, 0.3) is 0 Å². The molecule has 12 heteroatoms. The summed E-state index contributed by atoms with van der Waals surface area (Å²) in [6, 6.07) is 12.6. The van der Waals surface area contributed by atoms with Crippen LogP contribution in [0.3, 0.4) is 0 Å². The van der Waals surface area contributed by atoms with Crippen LogP contribution in [0, 0.1) is 0 Å². The largest absolute Gasteiger partial charge is 0.494 e. The first-order valence-electron chi connectivity index (χ1n) is 13.8. The van der Waals surface area contributed by atoms with E-state index >= 15 is 0 Å². The smallest absolute Gasteiger partial charge is 0.409 e. The van der Waals surface area contributed by atoms with Crippen molar-refractivity contribution in [3.63, 3.8) is 0 Å². The minimum absolute atomic E-state index is 0.138. The van der Waals surface area contributed by atoms with Crippen LogP contribution >= 0.6 is 11.6 Å². The average molecular weight is 595 g/mol. The SMILES string of the molecule is C=CC(=O)Nc1cccc(Oc2nc(Nc3ccc(N4CCCN(C(=O)OCCCC)CC4)cc3OC)ncc2Cl)c1. The number of ether oxygens (including phenoxy) is 3. The van der Waals surface area contributed by atoms with Crippen LogP contribution in [0.1, 0.15) is 26.2 Å². The van der Waals surface area contributed by atoms with Crippen molar-refractivity contribution in [2.45, 2.75) is 26.2 Å². The van der Waals surface area contributed by atoms with Gasteiger partial charge in [0.15, 0.2) is 0 Å². The van der Waals surface area contributed by atoms with Crippen LogP contribution in [0.2, 0.25) is 5.02 Å². The third kappa shape index (κ3) is 8.26. The number of benzene rings is 2. The minimum Gasteiger partial charge on any atom is -0.494 e. The highest BCUT2D eigenvalue weighted by molar-refractivity contribution is 6.31. The summed E-state index contributed by atoms with van der Waals surface area (Å²) < 4.78 is 17.0. The van der Waals surface area contributed by atoms with Gasteiger partial charge in [0.25, 0.3) is 0 Å². The van der Waals surface area contributed by atoms with Crippen LogP contribution in [0.5, 0.6) is 17.4 Å². The van der Waals surface area contributed by atoms with Crippen LogP contribution < -0.4 is 25.0 Å². The number of nitrogens with zero attached hydrogens (tertiary/aromatic N) is 4. The molecule has 4 rings (SSSR count). The van der Waals surface area contributed by atoms with E-state index in [4.69, 9.17) is 25.8 Å². The summed E-state index contributed by atoms with van der Waals surface area (Å²) in [5.41, 5.74) is 2.16. The van der Waals surface area contributed by atoms with Gasteiger partial charge in [-0.3, -0.25) is 4.79 Å². The Morgan fingerprint density at radius 3 is 2.79 bits per heavy atom. The Balaban J connectivity index is 1.43. The number of carbonyl (C=O) groups is 2. The van der Waals surface area contributed by atoms with Gasteiger partial charge in [-0.2, -0.15) is 4.98 Å². The standard InChI is InChI=1S/C30H35ClN6O5/c1-4-6-17-41-30(39)37-14-8-13-36(15-16-37)22-11-12-25(26(19-22)40-3)34-29-32-20-24(31)28(35-29)42-23-10-7-9-21(18-23)33-27(38)5-2/h5,7,9-12,18-20H,2,4,6,8,13-17H2,1,3H3,(H,33,38)(H,32,34,35). The lowest BCUT2D eigenvalue weighted by Crippen LogP contribution is -2.35. The molecule has 42 heavy (non-hydrogen) atoms. The summed E-state index contributed by atoms with van der Waals surface area (Å²) in [7, 11) is 1.59. The molecule has 3 aromatic rings.